The topological polar surface area (TPSA) is 125 Å². The second-order valence-corrected chi connectivity index (χ2v) is 9.51. The summed E-state index contributed by atoms with van der Waals surface area (Å²) in [5.41, 5.74) is 2.23. The number of fused-ring (bicyclic) bond motifs is 1. The van der Waals surface area contributed by atoms with Gasteiger partial charge in [-0.05, 0) is 55.0 Å². The van der Waals surface area contributed by atoms with Gasteiger partial charge in [0.15, 0.2) is 0 Å². The van der Waals surface area contributed by atoms with Crippen LogP contribution < -0.4 is 14.9 Å². The number of hydrogen-bond acceptors (Lipinski definition) is 8. The van der Waals surface area contributed by atoms with Crippen molar-refractivity contribution in [2.45, 2.75) is 24.8 Å². The monoisotopic (exact) mass is 475 g/mol. The molecular formula is C21H25N5O6S. The summed E-state index contributed by atoms with van der Waals surface area (Å²) < 4.78 is 37.9. The average Bonchev–Trinajstić information content (AvgIpc) is 3.21. The zero-order valence-corrected chi connectivity index (χ0v) is 19.3. The summed E-state index contributed by atoms with van der Waals surface area (Å²) in [7, 11) is -2.19. The van der Waals surface area contributed by atoms with Crippen LogP contribution in [0.2, 0.25) is 0 Å². The van der Waals surface area contributed by atoms with Crippen molar-refractivity contribution < 1.29 is 27.5 Å². The van der Waals surface area contributed by atoms with E-state index in [2.05, 4.69) is 15.6 Å². The number of anilines is 1. The van der Waals surface area contributed by atoms with Crippen LogP contribution in [0, 0.1) is 6.92 Å². The van der Waals surface area contributed by atoms with E-state index < -0.39 is 22.0 Å². The minimum absolute atomic E-state index is 0.0886. The highest BCUT2D eigenvalue weighted by Gasteiger charge is 2.27. The minimum Gasteiger partial charge on any atom is -0.495 e. The predicted octanol–water partition coefficient (Wildman–Crippen LogP) is 1.23. The van der Waals surface area contributed by atoms with Gasteiger partial charge in [-0.15, -0.1) is 5.10 Å². The molecule has 1 amide bonds. The molecule has 1 aliphatic heterocycles. The number of rotatable bonds is 7. The molecule has 1 fully saturated rings. The Balaban J connectivity index is 1.54. The maximum absolute atomic E-state index is 13.0. The van der Waals surface area contributed by atoms with Crippen LogP contribution in [0.15, 0.2) is 41.3 Å². The van der Waals surface area contributed by atoms with E-state index >= 15 is 0 Å². The van der Waals surface area contributed by atoms with Crippen LogP contribution in [0.5, 0.6) is 5.75 Å². The van der Waals surface area contributed by atoms with E-state index in [9.17, 15) is 13.2 Å². The van der Waals surface area contributed by atoms with Gasteiger partial charge in [-0.25, -0.2) is 8.42 Å². The summed E-state index contributed by atoms with van der Waals surface area (Å²) in [6, 6.07) is 9.89. The number of aromatic nitrogens is 3. The molecule has 1 aliphatic rings. The summed E-state index contributed by atoms with van der Waals surface area (Å²) in [6.45, 7) is 4.73. The number of carbonyl (C=O) groups is 1. The van der Waals surface area contributed by atoms with E-state index in [0.29, 0.717) is 35.7 Å². The van der Waals surface area contributed by atoms with Gasteiger partial charge in [0, 0.05) is 13.1 Å². The summed E-state index contributed by atoms with van der Waals surface area (Å²) >= 11 is 0. The Hall–Kier alpha value is -3.22. The molecule has 3 aromatic rings. The SMILES string of the molecule is COc1ccc(C)cc1NC(=O)C(C)On1nnc2ccc(S(=O)(=O)N3CCOCC3)cc21. The van der Waals surface area contributed by atoms with E-state index in [1.54, 1.807) is 25.1 Å². The quantitative estimate of drug-likeness (QED) is 0.541. The van der Waals surface area contributed by atoms with Crippen LogP contribution in [0.3, 0.4) is 0 Å². The second kappa shape index (κ2) is 9.33. The van der Waals surface area contributed by atoms with Gasteiger partial charge >= 0.3 is 0 Å². The fourth-order valence-electron chi connectivity index (χ4n) is 3.40. The number of morpholine rings is 1. The molecule has 0 bridgehead atoms. The summed E-state index contributed by atoms with van der Waals surface area (Å²) in [6.07, 6.45) is -0.959. The first-order valence-electron chi connectivity index (χ1n) is 10.4. The molecule has 2 heterocycles. The summed E-state index contributed by atoms with van der Waals surface area (Å²) in [5.74, 6) is 0.0879. The van der Waals surface area contributed by atoms with Gasteiger partial charge in [-0.1, -0.05) is 10.9 Å². The van der Waals surface area contributed by atoms with Crippen molar-refractivity contribution >= 4 is 32.7 Å². The molecule has 0 spiro atoms. The first-order chi connectivity index (χ1) is 15.8. The molecule has 4 rings (SSSR count). The minimum atomic E-state index is -3.71. The number of aryl methyl sites for hydroxylation is 1. The summed E-state index contributed by atoms with van der Waals surface area (Å²) in [4.78, 5) is 19.5. The summed E-state index contributed by atoms with van der Waals surface area (Å²) in [5, 5.41) is 10.7. The first-order valence-corrected chi connectivity index (χ1v) is 11.8. The molecular weight excluding hydrogens is 450 g/mol. The van der Waals surface area contributed by atoms with Crippen molar-refractivity contribution in [1.82, 2.24) is 19.5 Å². The number of ether oxygens (including phenoxy) is 2. The number of nitrogens with zero attached hydrogens (tertiary/aromatic N) is 4. The number of sulfonamides is 1. The number of carbonyl (C=O) groups excluding carboxylic acids is 1. The number of amides is 1. The molecule has 1 unspecified atom stereocenters. The lowest BCUT2D eigenvalue weighted by Gasteiger charge is -2.26. The Labute approximate surface area is 191 Å². The van der Waals surface area contributed by atoms with Crippen molar-refractivity contribution in [2.24, 2.45) is 0 Å². The van der Waals surface area contributed by atoms with E-state index in [1.165, 1.54) is 23.5 Å². The van der Waals surface area contributed by atoms with Crippen LogP contribution in [-0.4, -0.2) is 73.3 Å². The molecule has 1 aromatic heterocycles. The highest BCUT2D eigenvalue weighted by molar-refractivity contribution is 7.89. The molecule has 2 aromatic carbocycles. The Bertz CT molecular complexity index is 1270. The van der Waals surface area contributed by atoms with Gasteiger partial charge < -0.3 is 19.6 Å². The lowest BCUT2D eigenvalue weighted by Crippen LogP contribution is -2.40. The van der Waals surface area contributed by atoms with Gasteiger partial charge in [0.1, 0.15) is 16.8 Å². The standard InChI is InChI=1S/C21H25N5O6S/c1-14-4-7-20(30-3)18(12-14)22-21(27)15(2)32-26-19-13-16(5-6-17(19)23-24-26)33(28,29)25-8-10-31-11-9-25/h4-7,12-13,15H,8-11H2,1-3H3,(H,22,27). The van der Waals surface area contributed by atoms with Crippen LogP contribution in [0.4, 0.5) is 5.69 Å². The van der Waals surface area contributed by atoms with E-state index in [-0.39, 0.29) is 18.0 Å². The predicted molar refractivity (Wildman–Crippen MR) is 120 cm³/mol. The van der Waals surface area contributed by atoms with Crippen LogP contribution >= 0.6 is 0 Å². The fraction of sp³-hybridized carbons (Fsp3) is 0.381. The van der Waals surface area contributed by atoms with Crippen LogP contribution in [0.25, 0.3) is 11.0 Å². The highest BCUT2D eigenvalue weighted by atomic mass is 32.2. The van der Waals surface area contributed by atoms with Crippen LogP contribution in [0.1, 0.15) is 12.5 Å². The van der Waals surface area contributed by atoms with Crippen molar-refractivity contribution in [1.29, 1.82) is 0 Å². The van der Waals surface area contributed by atoms with Gasteiger partial charge in [-0.3, -0.25) is 4.79 Å². The smallest absolute Gasteiger partial charge is 0.268 e. The zero-order chi connectivity index (χ0) is 23.6. The number of methoxy groups -OCH3 is 1. The average molecular weight is 476 g/mol. The molecule has 12 heteroatoms. The largest absolute Gasteiger partial charge is 0.495 e. The molecule has 1 N–H and O–H groups in total. The van der Waals surface area contributed by atoms with Crippen molar-refractivity contribution in [3.63, 3.8) is 0 Å². The lowest BCUT2D eigenvalue weighted by molar-refractivity contribution is -0.127. The third-order valence-electron chi connectivity index (χ3n) is 5.23. The van der Waals surface area contributed by atoms with Gasteiger partial charge in [0.2, 0.25) is 16.1 Å². The maximum Gasteiger partial charge on any atom is 0.268 e. The second-order valence-electron chi connectivity index (χ2n) is 7.57. The lowest BCUT2D eigenvalue weighted by atomic mass is 10.2. The molecule has 33 heavy (non-hydrogen) atoms. The van der Waals surface area contributed by atoms with E-state index in [0.717, 1.165) is 10.4 Å². The molecule has 0 saturated carbocycles. The Morgan fingerprint density at radius 3 is 2.67 bits per heavy atom. The molecule has 1 saturated heterocycles. The molecule has 0 aliphatic carbocycles. The number of nitrogens with one attached hydrogen (secondary N) is 1. The highest BCUT2D eigenvalue weighted by Crippen LogP contribution is 2.25. The maximum atomic E-state index is 13.0. The van der Waals surface area contributed by atoms with E-state index in [1.807, 2.05) is 13.0 Å². The Morgan fingerprint density at radius 2 is 1.94 bits per heavy atom. The van der Waals surface area contributed by atoms with E-state index in [4.69, 9.17) is 14.3 Å². The van der Waals surface area contributed by atoms with Gasteiger partial charge in [-0.2, -0.15) is 4.31 Å². The first kappa shape index (κ1) is 23.0. The van der Waals surface area contributed by atoms with Crippen molar-refractivity contribution in [3.05, 3.63) is 42.0 Å². The number of benzene rings is 2. The fourth-order valence-corrected chi connectivity index (χ4v) is 4.83. The van der Waals surface area contributed by atoms with Gasteiger partial charge in [0.05, 0.1) is 30.9 Å². The molecule has 0 radical (unpaired) electrons. The van der Waals surface area contributed by atoms with Crippen molar-refractivity contribution in [3.8, 4) is 5.75 Å². The number of hydrogen-bond donors (Lipinski definition) is 1. The normalized spacial score (nSPS) is 15.8. The van der Waals surface area contributed by atoms with Crippen LogP contribution in [-0.2, 0) is 19.6 Å². The third kappa shape index (κ3) is 4.77. The molecule has 11 nitrogen and oxygen atoms in total. The molecule has 176 valence electrons. The molecule has 1 atom stereocenters. The zero-order valence-electron chi connectivity index (χ0n) is 18.5. The van der Waals surface area contributed by atoms with Gasteiger partial charge in [0.25, 0.3) is 5.91 Å². The Kier molecular flexibility index (Phi) is 6.49. The van der Waals surface area contributed by atoms with Crippen molar-refractivity contribution in [2.75, 3.05) is 38.7 Å². The third-order valence-corrected chi connectivity index (χ3v) is 7.13. The Morgan fingerprint density at radius 1 is 1.18 bits per heavy atom.